The van der Waals surface area contributed by atoms with E-state index in [-0.39, 0.29) is 18.6 Å². The molecule has 0 saturated carbocycles. The van der Waals surface area contributed by atoms with Gasteiger partial charge >= 0.3 is 6.09 Å². The average molecular weight is 523 g/mol. The van der Waals surface area contributed by atoms with Crippen molar-refractivity contribution < 1.29 is 18.7 Å². The SMILES string of the molecule is Cc1nc(N2C[C@@H]3C[C@H]2CO3)cc(-n2ncc3cc(C)c(C4CCN(C(=O)OC(C)(C)C)CC4F)cc32)n1. The molecule has 0 N–H and O–H groups in total. The van der Waals surface area contributed by atoms with Gasteiger partial charge in [0.15, 0.2) is 5.82 Å². The molecule has 5 heterocycles. The predicted octanol–water partition coefficient (Wildman–Crippen LogP) is 4.47. The topological polar surface area (TPSA) is 85.6 Å². The van der Waals surface area contributed by atoms with Crippen LogP contribution in [0.5, 0.6) is 0 Å². The van der Waals surface area contributed by atoms with E-state index in [1.54, 1.807) is 0 Å². The Labute approximate surface area is 221 Å². The molecule has 3 aliphatic heterocycles. The van der Waals surface area contributed by atoms with Crippen molar-refractivity contribution in [1.29, 1.82) is 0 Å². The van der Waals surface area contributed by atoms with Crippen LogP contribution in [0.15, 0.2) is 24.4 Å². The van der Waals surface area contributed by atoms with Crippen molar-refractivity contribution >= 4 is 22.8 Å². The molecule has 2 aromatic heterocycles. The van der Waals surface area contributed by atoms with Crippen LogP contribution in [-0.2, 0) is 9.47 Å². The van der Waals surface area contributed by atoms with Crippen molar-refractivity contribution in [3.8, 4) is 5.82 Å². The van der Waals surface area contributed by atoms with Gasteiger partial charge in [-0.15, -0.1) is 0 Å². The van der Waals surface area contributed by atoms with Crippen molar-refractivity contribution in [1.82, 2.24) is 24.6 Å². The number of rotatable bonds is 3. The number of ether oxygens (including phenoxy) is 2. The number of carbonyl (C=O) groups is 1. The summed E-state index contributed by atoms with van der Waals surface area (Å²) in [6, 6.07) is 6.43. The Morgan fingerprint density at radius 3 is 2.61 bits per heavy atom. The Morgan fingerprint density at radius 1 is 1.13 bits per heavy atom. The maximum atomic E-state index is 15.6. The first-order valence-corrected chi connectivity index (χ1v) is 13.4. The van der Waals surface area contributed by atoms with Gasteiger partial charge in [-0.1, -0.05) is 0 Å². The van der Waals surface area contributed by atoms with Crippen molar-refractivity contribution in [2.75, 3.05) is 31.1 Å². The van der Waals surface area contributed by atoms with Crippen LogP contribution < -0.4 is 4.90 Å². The third-order valence-corrected chi connectivity index (χ3v) is 7.77. The van der Waals surface area contributed by atoms with Crippen molar-refractivity contribution in [2.45, 2.75) is 77.3 Å². The highest BCUT2D eigenvalue weighted by Crippen LogP contribution is 2.36. The quantitative estimate of drug-likeness (QED) is 0.502. The van der Waals surface area contributed by atoms with Crippen molar-refractivity contribution in [2.24, 2.45) is 0 Å². The number of piperidine rings is 1. The van der Waals surface area contributed by atoms with Crippen LogP contribution in [0.1, 0.15) is 56.5 Å². The smallest absolute Gasteiger partial charge is 0.410 e. The summed E-state index contributed by atoms with van der Waals surface area (Å²) in [6.07, 6.45) is 2.00. The first-order chi connectivity index (χ1) is 18.1. The van der Waals surface area contributed by atoms with Crippen LogP contribution in [0.3, 0.4) is 0 Å². The van der Waals surface area contributed by atoms with Crippen LogP contribution in [0.4, 0.5) is 15.0 Å². The molecule has 3 aliphatic rings. The first kappa shape index (κ1) is 25.0. The second-order valence-electron chi connectivity index (χ2n) is 11.8. The molecular weight excluding hydrogens is 487 g/mol. The van der Waals surface area contributed by atoms with E-state index < -0.39 is 17.9 Å². The molecule has 0 aliphatic carbocycles. The van der Waals surface area contributed by atoms with Gasteiger partial charge in [0.05, 0.1) is 37.0 Å². The van der Waals surface area contributed by atoms with Gasteiger partial charge < -0.3 is 19.3 Å². The fourth-order valence-corrected chi connectivity index (χ4v) is 6.01. The van der Waals surface area contributed by atoms with Crippen molar-refractivity contribution in [3.05, 3.63) is 41.3 Å². The lowest BCUT2D eigenvalue weighted by atomic mass is 9.85. The number of aryl methyl sites for hydroxylation is 2. The molecule has 6 rings (SSSR count). The van der Waals surface area contributed by atoms with Gasteiger partial charge in [0.2, 0.25) is 0 Å². The van der Waals surface area contributed by atoms with E-state index in [9.17, 15) is 4.79 Å². The normalized spacial score (nSPS) is 25.4. The van der Waals surface area contributed by atoms with Crippen LogP contribution >= 0.6 is 0 Å². The standard InChI is InChI=1S/C28H35FN6O3/c1-16-8-18-12-30-35(26-11-25(31-17(2)32-26)34-13-20-9-19(34)15-37-20)24(18)10-22(16)21-6-7-33(14-23(21)29)27(36)38-28(3,4)5/h8,10-12,19-21,23H,6-7,9,13-15H2,1-5H3/t19-,20-,21?,23?/m0/s1. The highest BCUT2D eigenvalue weighted by Gasteiger charge is 2.40. The summed E-state index contributed by atoms with van der Waals surface area (Å²) in [5, 5.41) is 5.63. The molecule has 1 aromatic carbocycles. The zero-order valence-corrected chi connectivity index (χ0v) is 22.6. The summed E-state index contributed by atoms with van der Waals surface area (Å²) in [7, 11) is 0. The fourth-order valence-electron chi connectivity index (χ4n) is 6.01. The first-order valence-electron chi connectivity index (χ1n) is 13.4. The van der Waals surface area contributed by atoms with Gasteiger partial charge in [0.25, 0.3) is 0 Å². The molecule has 2 bridgehead atoms. The highest BCUT2D eigenvalue weighted by atomic mass is 19.1. The Kier molecular flexibility index (Phi) is 6.05. The van der Waals surface area contributed by atoms with Crippen LogP contribution in [-0.4, -0.2) is 80.9 Å². The average Bonchev–Trinajstić information content (AvgIpc) is 3.58. The summed E-state index contributed by atoms with van der Waals surface area (Å²) in [4.78, 5) is 25.7. The number of halogens is 1. The number of carbonyl (C=O) groups excluding carboxylic acids is 1. The van der Waals surface area contributed by atoms with E-state index in [1.165, 1.54) is 4.90 Å². The van der Waals surface area contributed by atoms with Gasteiger partial charge in [0, 0.05) is 30.5 Å². The van der Waals surface area contributed by atoms with E-state index >= 15 is 4.39 Å². The van der Waals surface area contributed by atoms with Crippen LogP contribution in [0.25, 0.3) is 16.7 Å². The van der Waals surface area contributed by atoms with Gasteiger partial charge in [-0.2, -0.15) is 5.10 Å². The van der Waals surface area contributed by atoms with E-state index in [1.807, 2.05) is 57.6 Å². The van der Waals surface area contributed by atoms with Gasteiger partial charge in [0.1, 0.15) is 23.4 Å². The molecule has 3 fully saturated rings. The number of anilines is 1. The lowest BCUT2D eigenvalue weighted by Crippen LogP contribution is -2.46. The number of aromatic nitrogens is 4. The molecule has 2 unspecified atom stereocenters. The third-order valence-electron chi connectivity index (χ3n) is 7.77. The molecule has 38 heavy (non-hydrogen) atoms. The van der Waals surface area contributed by atoms with Gasteiger partial charge in [-0.25, -0.2) is 23.8 Å². The molecule has 9 nitrogen and oxygen atoms in total. The number of fused-ring (bicyclic) bond motifs is 3. The van der Waals surface area contributed by atoms with Crippen molar-refractivity contribution in [3.63, 3.8) is 0 Å². The van der Waals surface area contributed by atoms with E-state index in [0.29, 0.717) is 30.6 Å². The van der Waals surface area contributed by atoms with Gasteiger partial charge in [-0.3, -0.25) is 0 Å². The minimum atomic E-state index is -1.19. The summed E-state index contributed by atoms with van der Waals surface area (Å²) in [5.74, 6) is 1.94. The molecule has 202 valence electrons. The monoisotopic (exact) mass is 522 g/mol. The Balaban J connectivity index is 1.29. The summed E-state index contributed by atoms with van der Waals surface area (Å²) in [6.45, 7) is 11.4. The number of amides is 1. The number of hydrogen-bond donors (Lipinski definition) is 0. The molecule has 4 atom stereocenters. The molecule has 0 radical (unpaired) electrons. The fraction of sp³-hybridized carbons (Fsp3) is 0.571. The zero-order valence-electron chi connectivity index (χ0n) is 22.6. The third kappa shape index (κ3) is 4.59. The number of hydrogen-bond acceptors (Lipinski definition) is 7. The molecule has 10 heteroatoms. The maximum Gasteiger partial charge on any atom is 0.410 e. The number of nitrogens with zero attached hydrogens (tertiary/aromatic N) is 6. The summed E-state index contributed by atoms with van der Waals surface area (Å²) >= 11 is 0. The molecule has 3 aromatic rings. The molecular formula is C28H35FN6O3. The minimum absolute atomic E-state index is 0.0203. The van der Waals surface area contributed by atoms with Crippen LogP contribution in [0.2, 0.25) is 0 Å². The number of alkyl halides is 1. The van der Waals surface area contributed by atoms with Gasteiger partial charge in [-0.05, 0) is 70.7 Å². The lowest BCUT2D eigenvalue weighted by Gasteiger charge is -2.36. The van der Waals surface area contributed by atoms with E-state index in [0.717, 1.165) is 47.4 Å². The number of likely N-dealkylation sites (tertiary alicyclic amines) is 1. The second-order valence-corrected chi connectivity index (χ2v) is 11.8. The second kappa shape index (κ2) is 9.18. The largest absolute Gasteiger partial charge is 0.444 e. The summed E-state index contributed by atoms with van der Waals surface area (Å²) < 4.78 is 28.6. The lowest BCUT2D eigenvalue weighted by molar-refractivity contribution is 0.0111. The highest BCUT2D eigenvalue weighted by molar-refractivity contribution is 5.82. The van der Waals surface area contributed by atoms with Crippen LogP contribution in [0, 0.1) is 13.8 Å². The predicted molar refractivity (Wildman–Crippen MR) is 142 cm³/mol. The summed E-state index contributed by atoms with van der Waals surface area (Å²) in [5.41, 5.74) is 2.22. The molecule has 0 spiro atoms. The zero-order chi connectivity index (χ0) is 26.8. The molecule has 3 saturated heterocycles. The number of benzene rings is 1. The minimum Gasteiger partial charge on any atom is -0.444 e. The Bertz CT molecular complexity index is 1380. The van der Waals surface area contributed by atoms with E-state index in [2.05, 4.69) is 16.1 Å². The Hall–Kier alpha value is -3.27. The number of morpholine rings is 1. The van der Waals surface area contributed by atoms with E-state index in [4.69, 9.17) is 19.4 Å². The maximum absolute atomic E-state index is 15.6. The molecule has 1 amide bonds. The Morgan fingerprint density at radius 2 is 1.92 bits per heavy atom.